The minimum atomic E-state index is -0.726. The molecule has 206 valence electrons. The third kappa shape index (κ3) is 6.40. The average molecular weight is 530 g/mol. The summed E-state index contributed by atoms with van der Waals surface area (Å²) >= 11 is 0. The number of piperidine rings is 1. The average Bonchev–Trinajstić information content (AvgIpc) is 3.90. The molecule has 1 saturated heterocycles. The number of carboxylic acid groups (broad SMARTS) is 1. The Morgan fingerprint density at radius 1 is 1.03 bits per heavy atom. The van der Waals surface area contributed by atoms with Crippen molar-refractivity contribution in [2.45, 2.75) is 57.4 Å². The Kier molecular flexibility index (Phi) is 7.49. The predicted molar refractivity (Wildman–Crippen MR) is 152 cm³/mol. The van der Waals surface area contributed by atoms with E-state index < -0.39 is 5.97 Å². The zero-order chi connectivity index (χ0) is 26.8. The lowest BCUT2D eigenvalue weighted by molar-refractivity contribution is -0.137. The number of anilines is 1. The van der Waals surface area contributed by atoms with Crippen molar-refractivity contribution in [2.75, 3.05) is 31.7 Å². The Hall–Kier alpha value is -3.48. The van der Waals surface area contributed by atoms with Gasteiger partial charge >= 0.3 is 5.97 Å². The summed E-state index contributed by atoms with van der Waals surface area (Å²) in [5.41, 5.74) is 4.66. The molecule has 7 nitrogen and oxygen atoms in total. The van der Waals surface area contributed by atoms with Gasteiger partial charge in [-0.15, -0.1) is 0 Å². The zero-order valence-corrected chi connectivity index (χ0v) is 22.8. The van der Waals surface area contributed by atoms with E-state index >= 15 is 0 Å². The molecular formula is C32H39N3O4. The fraction of sp³-hybridized carbons (Fsp3) is 0.500. The van der Waals surface area contributed by atoms with Gasteiger partial charge in [-0.1, -0.05) is 12.1 Å². The molecular weight excluding hydrogens is 490 g/mol. The number of aromatic nitrogens is 2. The number of methoxy groups -OCH3 is 1. The van der Waals surface area contributed by atoms with Gasteiger partial charge in [-0.3, -0.25) is 9.48 Å². The van der Waals surface area contributed by atoms with Crippen LogP contribution in [0.25, 0.3) is 11.1 Å². The van der Waals surface area contributed by atoms with Crippen molar-refractivity contribution in [3.63, 3.8) is 0 Å². The van der Waals surface area contributed by atoms with Crippen LogP contribution in [0.2, 0.25) is 0 Å². The summed E-state index contributed by atoms with van der Waals surface area (Å²) in [6, 6.07) is 14.5. The summed E-state index contributed by atoms with van der Waals surface area (Å²) in [6.45, 7) is 3.63. The maximum atomic E-state index is 11.4. The lowest BCUT2D eigenvalue weighted by atomic mass is 9.91. The molecule has 39 heavy (non-hydrogen) atoms. The Balaban J connectivity index is 1.08. The Bertz CT molecular complexity index is 1290. The molecule has 2 aromatic carbocycles. The van der Waals surface area contributed by atoms with Crippen LogP contribution in [0.3, 0.4) is 0 Å². The molecule has 1 atom stereocenters. The van der Waals surface area contributed by atoms with Gasteiger partial charge in [-0.2, -0.15) is 5.10 Å². The van der Waals surface area contributed by atoms with Crippen molar-refractivity contribution in [1.29, 1.82) is 0 Å². The molecule has 0 unspecified atom stereocenters. The van der Waals surface area contributed by atoms with E-state index in [2.05, 4.69) is 45.1 Å². The molecule has 2 heterocycles. The van der Waals surface area contributed by atoms with Gasteiger partial charge in [-0.05, 0) is 92.0 Å². The van der Waals surface area contributed by atoms with Crippen LogP contribution in [0.5, 0.6) is 11.5 Å². The molecule has 0 amide bonds. The lowest BCUT2D eigenvalue weighted by Crippen LogP contribution is -2.35. The highest BCUT2D eigenvalue weighted by Crippen LogP contribution is 2.45. The van der Waals surface area contributed by atoms with Gasteiger partial charge in [0.15, 0.2) is 0 Å². The van der Waals surface area contributed by atoms with Crippen LogP contribution in [0.1, 0.15) is 56.4 Å². The Morgan fingerprint density at radius 3 is 2.56 bits per heavy atom. The van der Waals surface area contributed by atoms with Crippen molar-refractivity contribution < 1.29 is 19.4 Å². The maximum Gasteiger partial charge on any atom is 0.303 e. The van der Waals surface area contributed by atoms with E-state index in [0.717, 1.165) is 73.9 Å². The predicted octanol–water partition coefficient (Wildman–Crippen LogP) is 6.23. The van der Waals surface area contributed by atoms with Gasteiger partial charge in [0.1, 0.15) is 11.5 Å². The summed E-state index contributed by atoms with van der Waals surface area (Å²) in [7, 11) is 1.72. The first-order valence-corrected chi connectivity index (χ1v) is 14.5. The van der Waals surface area contributed by atoms with Gasteiger partial charge in [0.25, 0.3) is 0 Å². The molecule has 3 fully saturated rings. The van der Waals surface area contributed by atoms with Gasteiger partial charge in [0, 0.05) is 48.7 Å². The molecule has 2 saturated carbocycles. The third-order valence-corrected chi connectivity index (χ3v) is 8.60. The van der Waals surface area contributed by atoms with Gasteiger partial charge in [-0.25, -0.2) is 0 Å². The summed E-state index contributed by atoms with van der Waals surface area (Å²) in [4.78, 5) is 13.9. The molecule has 6 rings (SSSR count). The van der Waals surface area contributed by atoms with Crippen molar-refractivity contribution in [2.24, 2.45) is 17.8 Å². The van der Waals surface area contributed by atoms with Crippen LogP contribution in [-0.4, -0.2) is 47.7 Å². The van der Waals surface area contributed by atoms with Gasteiger partial charge < -0.3 is 19.5 Å². The van der Waals surface area contributed by atoms with Crippen molar-refractivity contribution in [3.8, 4) is 22.6 Å². The largest absolute Gasteiger partial charge is 0.497 e. The molecule has 0 spiro atoms. The second-order valence-electron chi connectivity index (χ2n) is 11.6. The molecule has 1 aliphatic heterocycles. The second kappa shape index (κ2) is 11.3. The van der Waals surface area contributed by atoms with E-state index in [-0.39, 0.29) is 12.3 Å². The van der Waals surface area contributed by atoms with Crippen LogP contribution in [-0.2, 0) is 11.3 Å². The number of aliphatic carboxylic acids is 1. The monoisotopic (exact) mass is 529 g/mol. The Labute approximate surface area is 230 Å². The lowest BCUT2D eigenvalue weighted by Gasteiger charge is -2.34. The normalized spacial score (nSPS) is 18.6. The molecule has 1 N–H and O–H groups in total. The van der Waals surface area contributed by atoms with Crippen molar-refractivity contribution in [1.82, 2.24) is 9.78 Å². The number of carboxylic acids is 1. The van der Waals surface area contributed by atoms with Crippen LogP contribution in [0.15, 0.2) is 54.9 Å². The summed E-state index contributed by atoms with van der Waals surface area (Å²) in [5.74, 6) is 2.86. The van der Waals surface area contributed by atoms with Crippen molar-refractivity contribution >= 4 is 11.7 Å². The van der Waals surface area contributed by atoms with Crippen LogP contribution in [0.4, 0.5) is 5.69 Å². The number of hydrogen-bond acceptors (Lipinski definition) is 5. The Morgan fingerprint density at radius 2 is 1.85 bits per heavy atom. The first-order valence-electron chi connectivity index (χ1n) is 14.5. The summed E-state index contributed by atoms with van der Waals surface area (Å²) in [6.07, 6.45) is 11.4. The minimum absolute atomic E-state index is 0.0900. The minimum Gasteiger partial charge on any atom is -0.497 e. The first kappa shape index (κ1) is 25.8. The number of ether oxygens (including phenoxy) is 2. The van der Waals surface area contributed by atoms with Gasteiger partial charge in [0.2, 0.25) is 0 Å². The highest BCUT2D eigenvalue weighted by atomic mass is 16.5. The third-order valence-electron chi connectivity index (χ3n) is 8.60. The van der Waals surface area contributed by atoms with E-state index in [9.17, 15) is 9.90 Å². The standard InChI is InChI=1S/C32H39N3O4/c1-38-27-9-10-29(26-18-33-35(20-26)19-22-5-6-22)31(16-27)34-13-11-23(12-14-34)21-39-28-4-2-3-25(15-28)30(17-32(36)37)24-7-8-24/h2-4,9-10,15-16,18,20,22-24,30H,5-8,11-14,17,19,21H2,1H3,(H,36,37)/t30-/m0/s1. The molecule has 3 aliphatic rings. The number of benzene rings is 2. The number of hydrogen-bond donors (Lipinski definition) is 1. The summed E-state index contributed by atoms with van der Waals surface area (Å²) in [5, 5.41) is 14.0. The number of nitrogens with zero attached hydrogens (tertiary/aromatic N) is 3. The van der Waals surface area contributed by atoms with Crippen LogP contribution < -0.4 is 14.4 Å². The second-order valence-corrected chi connectivity index (χ2v) is 11.6. The smallest absolute Gasteiger partial charge is 0.303 e. The summed E-state index contributed by atoms with van der Waals surface area (Å²) < 4.78 is 13.9. The van der Waals surface area contributed by atoms with Crippen LogP contribution in [0, 0.1) is 17.8 Å². The van der Waals surface area contributed by atoms with E-state index in [4.69, 9.17) is 9.47 Å². The van der Waals surface area contributed by atoms with E-state index in [1.807, 2.05) is 24.4 Å². The van der Waals surface area contributed by atoms with E-state index in [1.54, 1.807) is 7.11 Å². The highest BCUT2D eigenvalue weighted by molar-refractivity contribution is 5.79. The topological polar surface area (TPSA) is 76.8 Å². The number of carbonyl (C=O) groups is 1. The molecule has 1 aromatic heterocycles. The molecule has 0 bridgehead atoms. The zero-order valence-electron chi connectivity index (χ0n) is 22.8. The SMILES string of the molecule is COc1ccc(-c2cnn(CC3CC3)c2)c(N2CCC(COc3cccc([C@@H](CC(=O)O)C4CC4)c3)CC2)c1. The quantitative estimate of drug-likeness (QED) is 0.300. The van der Waals surface area contributed by atoms with Gasteiger partial charge in [0.05, 0.1) is 26.3 Å². The first-order chi connectivity index (χ1) is 19.1. The van der Waals surface area contributed by atoms with E-state index in [0.29, 0.717) is 18.4 Å². The molecule has 7 heteroatoms. The van der Waals surface area contributed by atoms with Crippen molar-refractivity contribution in [3.05, 3.63) is 60.4 Å². The molecule has 2 aliphatic carbocycles. The highest BCUT2D eigenvalue weighted by Gasteiger charge is 2.34. The fourth-order valence-electron chi connectivity index (χ4n) is 5.94. The van der Waals surface area contributed by atoms with E-state index in [1.165, 1.54) is 24.1 Å². The molecule has 0 radical (unpaired) electrons. The van der Waals surface area contributed by atoms with Crippen LogP contribution >= 0.6 is 0 Å². The maximum absolute atomic E-state index is 11.4. The fourth-order valence-corrected chi connectivity index (χ4v) is 5.94. The molecule has 3 aromatic rings. The number of rotatable bonds is 12.